The summed E-state index contributed by atoms with van der Waals surface area (Å²) in [6, 6.07) is 26.2. The highest BCUT2D eigenvalue weighted by molar-refractivity contribution is 5.84. The van der Waals surface area contributed by atoms with Crippen molar-refractivity contribution in [3.8, 4) is 5.75 Å². The molecule has 1 saturated heterocycles. The molecule has 1 aliphatic rings. The lowest BCUT2D eigenvalue weighted by atomic mass is 10.0. The fourth-order valence-corrected chi connectivity index (χ4v) is 5.69. The Balaban J connectivity index is 0.000000582. The highest BCUT2D eigenvalue weighted by atomic mass is 19.4. The molecule has 2 aromatic heterocycles. The van der Waals surface area contributed by atoms with Gasteiger partial charge in [-0.05, 0) is 60.7 Å². The van der Waals surface area contributed by atoms with Gasteiger partial charge in [-0.25, -0.2) is 4.79 Å². The SMILES string of the molecule is COc1ccc(Cn2c(CCc3ccccc3)nnc2[C@@H](Cc2c[nH]c3ccccc23)NC(=O)[C@@H]2CCCN2)cc1.O=C(O)C(F)(F)F. The summed E-state index contributed by atoms with van der Waals surface area (Å²) in [5.41, 5.74) is 4.58. The Labute approximate surface area is 275 Å². The van der Waals surface area contributed by atoms with E-state index in [-0.39, 0.29) is 18.0 Å². The number of halogens is 3. The maximum Gasteiger partial charge on any atom is 0.490 e. The van der Waals surface area contributed by atoms with Crippen molar-refractivity contribution < 1.29 is 32.6 Å². The predicted octanol–water partition coefficient (Wildman–Crippen LogP) is 5.39. The average molecular weight is 663 g/mol. The number of rotatable bonds is 11. The number of ether oxygens (including phenoxy) is 1. The number of aryl methyl sites for hydroxylation is 2. The van der Waals surface area contributed by atoms with Gasteiger partial charge >= 0.3 is 12.1 Å². The van der Waals surface area contributed by atoms with Gasteiger partial charge in [0.1, 0.15) is 11.6 Å². The molecule has 3 aromatic carbocycles. The summed E-state index contributed by atoms with van der Waals surface area (Å²) < 4.78 is 39.3. The van der Waals surface area contributed by atoms with Crippen molar-refractivity contribution in [2.24, 2.45) is 0 Å². The summed E-state index contributed by atoms with van der Waals surface area (Å²) in [7, 11) is 1.67. The molecule has 6 rings (SSSR count). The van der Waals surface area contributed by atoms with Gasteiger partial charge in [-0.3, -0.25) is 4.79 Å². The second-order valence-electron chi connectivity index (χ2n) is 11.5. The number of carboxylic acids is 1. The zero-order chi connectivity index (χ0) is 34.1. The molecule has 1 aliphatic heterocycles. The number of aromatic nitrogens is 4. The van der Waals surface area contributed by atoms with Gasteiger partial charge in [0.2, 0.25) is 5.91 Å². The molecule has 4 N–H and O–H groups in total. The Morgan fingerprint density at radius 1 is 1.00 bits per heavy atom. The van der Waals surface area contributed by atoms with E-state index in [1.807, 2.05) is 36.5 Å². The van der Waals surface area contributed by atoms with Gasteiger partial charge in [0.25, 0.3) is 0 Å². The molecule has 252 valence electrons. The van der Waals surface area contributed by atoms with Crippen LogP contribution in [0.4, 0.5) is 13.2 Å². The van der Waals surface area contributed by atoms with Gasteiger partial charge in [-0.15, -0.1) is 10.2 Å². The number of para-hydroxylation sites is 1. The number of aliphatic carboxylic acids is 1. The number of carbonyl (C=O) groups excluding carboxylic acids is 1. The summed E-state index contributed by atoms with van der Waals surface area (Å²) in [4.78, 5) is 25.7. The van der Waals surface area contributed by atoms with Gasteiger partial charge < -0.3 is 30.0 Å². The zero-order valence-corrected chi connectivity index (χ0v) is 26.3. The first kappa shape index (κ1) is 34.2. The second-order valence-corrected chi connectivity index (χ2v) is 11.5. The summed E-state index contributed by atoms with van der Waals surface area (Å²) in [5.74, 6) is -0.266. The number of carbonyl (C=O) groups is 2. The van der Waals surface area contributed by atoms with E-state index in [4.69, 9.17) is 24.8 Å². The number of methoxy groups -OCH3 is 1. The van der Waals surface area contributed by atoms with Gasteiger partial charge in [-0.2, -0.15) is 13.2 Å². The first-order valence-corrected chi connectivity index (χ1v) is 15.6. The van der Waals surface area contributed by atoms with E-state index in [1.165, 1.54) is 5.56 Å². The number of aromatic amines is 1. The molecular weight excluding hydrogens is 625 g/mol. The molecule has 1 fully saturated rings. The number of amides is 1. The van der Waals surface area contributed by atoms with E-state index < -0.39 is 12.1 Å². The fourth-order valence-electron chi connectivity index (χ4n) is 5.69. The highest BCUT2D eigenvalue weighted by Crippen LogP contribution is 2.26. The summed E-state index contributed by atoms with van der Waals surface area (Å²) in [6.45, 7) is 1.46. The zero-order valence-electron chi connectivity index (χ0n) is 26.3. The van der Waals surface area contributed by atoms with Crippen LogP contribution in [0.5, 0.6) is 5.75 Å². The minimum Gasteiger partial charge on any atom is -0.497 e. The topological polar surface area (TPSA) is 134 Å². The monoisotopic (exact) mass is 662 g/mol. The molecule has 0 saturated carbocycles. The molecule has 0 unspecified atom stereocenters. The second kappa shape index (κ2) is 15.6. The minimum atomic E-state index is -5.08. The lowest BCUT2D eigenvalue weighted by molar-refractivity contribution is -0.192. The van der Waals surface area contributed by atoms with Gasteiger partial charge in [0, 0.05) is 29.9 Å². The Morgan fingerprint density at radius 3 is 2.38 bits per heavy atom. The number of alkyl halides is 3. The summed E-state index contributed by atoms with van der Waals surface area (Å²) in [6.07, 6.45) is 0.993. The third-order valence-corrected chi connectivity index (χ3v) is 8.18. The summed E-state index contributed by atoms with van der Waals surface area (Å²) in [5, 5.41) is 24.4. The lowest BCUT2D eigenvalue weighted by Gasteiger charge is -2.22. The molecule has 3 heterocycles. The molecule has 1 amide bonds. The standard InChI is InChI=1S/C33H36N6O2.C2HF3O2/c1-41-26-16-13-24(14-17-26)22-39-31(18-15-23-8-3-2-4-9-23)37-38-32(39)30(36-33(40)29-12-7-19-34-29)20-25-21-35-28-11-6-5-10-27(25)28;3-2(4,5)1(6)7/h2-6,8-11,13-14,16-17,21,29-30,34-35H,7,12,15,18-20,22H2,1H3,(H,36,40);(H,6,7)/t29-,30+;/m0./s1. The number of benzene rings is 3. The maximum absolute atomic E-state index is 13.4. The van der Waals surface area contributed by atoms with Crippen LogP contribution in [0.2, 0.25) is 0 Å². The molecule has 48 heavy (non-hydrogen) atoms. The largest absolute Gasteiger partial charge is 0.497 e. The van der Waals surface area contributed by atoms with Crippen molar-refractivity contribution in [3.63, 3.8) is 0 Å². The van der Waals surface area contributed by atoms with E-state index in [1.54, 1.807) is 7.11 Å². The molecular formula is C35H37F3N6O4. The lowest BCUT2D eigenvalue weighted by Crippen LogP contribution is -2.43. The van der Waals surface area contributed by atoms with Crippen molar-refractivity contribution in [3.05, 3.63) is 113 Å². The first-order valence-electron chi connectivity index (χ1n) is 15.6. The number of hydrogen-bond donors (Lipinski definition) is 4. The van der Waals surface area contributed by atoms with E-state index in [0.717, 1.165) is 71.7 Å². The van der Waals surface area contributed by atoms with Crippen LogP contribution < -0.4 is 15.4 Å². The number of carboxylic acid groups (broad SMARTS) is 1. The molecule has 5 aromatic rings. The van der Waals surface area contributed by atoms with E-state index >= 15 is 0 Å². The number of hydrogen-bond acceptors (Lipinski definition) is 6. The molecule has 0 spiro atoms. The summed E-state index contributed by atoms with van der Waals surface area (Å²) >= 11 is 0. The molecule has 13 heteroatoms. The normalized spacial score (nSPS) is 15.0. The number of H-pyrrole nitrogens is 1. The third-order valence-electron chi connectivity index (χ3n) is 8.18. The van der Waals surface area contributed by atoms with Crippen LogP contribution in [-0.2, 0) is 35.4 Å². The van der Waals surface area contributed by atoms with Crippen LogP contribution in [0.25, 0.3) is 10.9 Å². The smallest absolute Gasteiger partial charge is 0.490 e. The van der Waals surface area contributed by atoms with Crippen molar-refractivity contribution in [2.75, 3.05) is 13.7 Å². The van der Waals surface area contributed by atoms with Crippen LogP contribution in [-0.4, -0.2) is 62.6 Å². The van der Waals surface area contributed by atoms with Crippen molar-refractivity contribution in [2.45, 2.75) is 56.9 Å². The van der Waals surface area contributed by atoms with Crippen LogP contribution in [0.3, 0.4) is 0 Å². The van der Waals surface area contributed by atoms with Crippen LogP contribution >= 0.6 is 0 Å². The fraction of sp³-hybridized carbons (Fsp3) is 0.314. The van der Waals surface area contributed by atoms with Crippen LogP contribution in [0.15, 0.2) is 85.1 Å². The predicted molar refractivity (Wildman–Crippen MR) is 174 cm³/mol. The minimum absolute atomic E-state index is 0.0113. The van der Waals surface area contributed by atoms with E-state index in [9.17, 15) is 18.0 Å². The Hall–Kier alpha value is -5.17. The highest BCUT2D eigenvalue weighted by Gasteiger charge is 2.38. The number of nitrogens with one attached hydrogen (secondary N) is 3. The molecule has 0 aliphatic carbocycles. The average Bonchev–Trinajstić information content (AvgIpc) is 3.85. The Bertz CT molecular complexity index is 1800. The molecule has 0 radical (unpaired) electrons. The van der Waals surface area contributed by atoms with Gasteiger partial charge in [0.15, 0.2) is 5.82 Å². The van der Waals surface area contributed by atoms with Crippen LogP contribution in [0.1, 0.15) is 47.2 Å². The first-order chi connectivity index (χ1) is 23.1. The van der Waals surface area contributed by atoms with Crippen molar-refractivity contribution >= 4 is 22.8 Å². The Morgan fingerprint density at radius 2 is 1.71 bits per heavy atom. The maximum atomic E-state index is 13.4. The van der Waals surface area contributed by atoms with Gasteiger partial charge in [0.05, 0.1) is 25.7 Å². The van der Waals surface area contributed by atoms with E-state index in [2.05, 4.69) is 68.7 Å². The van der Waals surface area contributed by atoms with Gasteiger partial charge in [-0.1, -0.05) is 60.7 Å². The molecule has 2 atom stereocenters. The molecule has 10 nitrogen and oxygen atoms in total. The van der Waals surface area contributed by atoms with Crippen molar-refractivity contribution in [1.82, 2.24) is 30.4 Å². The number of nitrogens with zero attached hydrogens (tertiary/aromatic N) is 3. The van der Waals surface area contributed by atoms with Crippen molar-refractivity contribution in [1.29, 1.82) is 0 Å². The third kappa shape index (κ3) is 8.79. The number of fused-ring (bicyclic) bond motifs is 1. The Kier molecular flexibility index (Phi) is 11.1. The van der Waals surface area contributed by atoms with E-state index in [0.29, 0.717) is 13.0 Å². The van der Waals surface area contributed by atoms with Crippen LogP contribution in [0, 0.1) is 0 Å². The molecule has 0 bridgehead atoms. The quantitative estimate of drug-likeness (QED) is 0.149.